The van der Waals surface area contributed by atoms with Crippen molar-refractivity contribution in [1.29, 1.82) is 0 Å². The number of nitrogens with zero attached hydrogens (tertiary/aromatic N) is 1. The van der Waals surface area contributed by atoms with Crippen LogP contribution in [0.2, 0.25) is 0 Å². The zero-order valence-corrected chi connectivity index (χ0v) is 11.1. The van der Waals surface area contributed by atoms with Gasteiger partial charge in [0.2, 0.25) is 0 Å². The lowest BCUT2D eigenvalue weighted by atomic mass is 9.70. The molecule has 0 bridgehead atoms. The van der Waals surface area contributed by atoms with Crippen molar-refractivity contribution >= 4 is 0 Å². The molecule has 1 aliphatic carbocycles. The second-order valence-electron chi connectivity index (χ2n) is 6.83. The van der Waals surface area contributed by atoms with Gasteiger partial charge in [0.1, 0.15) is 0 Å². The molecule has 0 aromatic carbocycles. The average molecular weight is 225 g/mol. The molecule has 1 aliphatic heterocycles. The van der Waals surface area contributed by atoms with Gasteiger partial charge >= 0.3 is 0 Å². The van der Waals surface area contributed by atoms with E-state index in [2.05, 4.69) is 25.7 Å². The quantitative estimate of drug-likeness (QED) is 0.741. The molecular weight excluding hydrogens is 198 g/mol. The number of piperidine rings is 1. The number of hydrogen-bond donors (Lipinski definition) is 1. The summed E-state index contributed by atoms with van der Waals surface area (Å²) in [5, 5.41) is 9.55. The number of rotatable bonds is 1. The van der Waals surface area contributed by atoms with E-state index in [0.29, 0.717) is 5.41 Å². The maximum atomic E-state index is 9.55. The van der Waals surface area contributed by atoms with Gasteiger partial charge in [-0.15, -0.1) is 0 Å². The van der Waals surface area contributed by atoms with Gasteiger partial charge in [-0.05, 0) is 43.4 Å². The van der Waals surface area contributed by atoms with E-state index in [1.807, 2.05) is 0 Å². The third kappa shape index (κ3) is 2.98. The van der Waals surface area contributed by atoms with E-state index in [9.17, 15) is 5.11 Å². The Kier molecular flexibility index (Phi) is 3.60. The van der Waals surface area contributed by atoms with Crippen LogP contribution in [-0.4, -0.2) is 35.2 Å². The Morgan fingerprint density at radius 2 is 1.75 bits per heavy atom. The standard InChI is InChI=1S/C14H27NO/c1-11-8-12(10-14(2,3)9-11)15-6-4-13(16)5-7-15/h11-13,16H,4-10H2,1-3H3/t11-,12+/m1/s1. The van der Waals surface area contributed by atoms with Crippen LogP contribution in [0.25, 0.3) is 0 Å². The van der Waals surface area contributed by atoms with Crippen LogP contribution in [-0.2, 0) is 0 Å². The molecule has 2 rings (SSSR count). The zero-order valence-electron chi connectivity index (χ0n) is 11.1. The fourth-order valence-electron chi connectivity index (χ4n) is 3.82. The molecule has 0 unspecified atom stereocenters. The normalized spacial score (nSPS) is 37.5. The van der Waals surface area contributed by atoms with E-state index in [1.165, 1.54) is 19.3 Å². The lowest BCUT2D eigenvalue weighted by Gasteiger charge is -2.45. The van der Waals surface area contributed by atoms with Crippen LogP contribution in [0.15, 0.2) is 0 Å². The summed E-state index contributed by atoms with van der Waals surface area (Å²) in [4.78, 5) is 2.63. The third-order valence-corrected chi connectivity index (χ3v) is 4.38. The van der Waals surface area contributed by atoms with Crippen molar-refractivity contribution in [2.75, 3.05) is 13.1 Å². The van der Waals surface area contributed by atoms with Crippen molar-refractivity contribution in [2.24, 2.45) is 11.3 Å². The maximum Gasteiger partial charge on any atom is 0.0564 e. The summed E-state index contributed by atoms with van der Waals surface area (Å²) in [7, 11) is 0. The molecule has 2 heteroatoms. The molecule has 0 aromatic heterocycles. The lowest BCUT2D eigenvalue weighted by molar-refractivity contribution is 0.0186. The van der Waals surface area contributed by atoms with Crippen molar-refractivity contribution in [3.05, 3.63) is 0 Å². The maximum absolute atomic E-state index is 9.55. The SMILES string of the molecule is C[C@@H]1C[C@H](N2CCC(O)CC2)CC(C)(C)C1. The van der Waals surface area contributed by atoms with Crippen molar-refractivity contribution in [3.8, 4) is 0 Å². The molecule has 0 aromatic rings. The first-order valence-corrected chi connectivity index (χ1v) is 6.88. The first-order valence-electron chi connectivity index (χ1n) is 6.88. The summed E-state index contributed by atoms with van der Waals surface area (Å²) in [6, 6.07) is 0.770. The van der Waals surface area contributed by atoms with Gasteiger partial charge in [0.15, 0.2) is 0 Å². The number of hydrogen-bond acceptors (Lipinski definition) is 2. The van der Waals surface area contributed by atoms with Crippen LogP contribution < -0.4 is 0 Å². The van der Waals surface area contributed by atoms with Crippen LogP contribution in [0.4, 0.5) is 0 Å². The Morgan fingerprint density at radius 1 is 1.12 bits per heavy atom. The molecule has 1 N–H and O–H groups in total. The van der Waals surface area contributed by atoms with Crippen LogP contribution in [0, 0.1) is 11.3 Å². The molecule has 0 spiro atoms. The first kappa shape index (κ1) is 12.4. The summed E-state index contributed by atoms with van der Waals surface area (Å²) in [6.07, 6.45) is 5.99. The topological polar surface area (TPSA) is 23.5 Å². The average Bonchev–Trinajstić information content (AvgIpc) is 2.15. The lowest BCUT2D eigenvalue weighted by Crippen LogP contribution is -2.47. The highest BCUT2D eigenvalue weighted by molar-refractivity contribution is 4.89. The Balaban J connectivity index is 1.93. The second kappa shape index (κ2) is 4.66. The highest BCUT2D eigenvalue weighted by atomic mass is 16.3. The molecule has 1 heterocycles. The van der Waals surface area contributed by atoms with Gasteiger partial charge in [-0.25, -0.2) is 0 Å². The molecule has 1 saturated heterocycles. The monoisotopic (exact) mass is 225 g/mol. The second-order valence-corrected chi connectivity index (χ2v) is 6.83. The molecule has 0 amide bonds. The van der Waals surface area contributed by atoms with Crippen molar-refractivity contribution < 1.29 is 5.11 Å². The molecule has 0 radical (unpaired) electrons. The first-order chi connectivity index (χ1) is 7.46. The number of aliphatic hydroxyl groups excluding tert-OH is 1. The number of likely N-dealkylation sites (tertiary alicyclic amines) is 1. The summed E-state index contributed by atoms with van der Waals surface area (Å²) >= 11 is 0. The molecule has 2 aliphatic rings. The minimum absolute atomic E-state index is 0.0368. The Bertz CT molecular complexity index is 231. The fourth-order valence-corrected chi connectivity index (χ4v) is 3.82. The molecule has 2 nitrogen and oxygen atoms in total. The molecular formula is C14H27NO. The third-order valence-electron chi connectivity index (χ3n) is 4.38. The minimum Gasteiger partial charge on any atom is -0.393 e. The molecule has 2 atom stereocenters. The molecule has 1 saturated carbocycles. The predicted molar refractivity (Wildman–Crippen MR) is 67.4 cm³/mol. The Labute approximate surface area is 100 Å². The van der Waals surface area contributed by atoms with E-state index in [0.717, 1.165) is 37.9 Å². The summed E-state index contributed by atoms with van der Waals surface area (Å²) in [6.45, 7) is 9.43. The number of aliphatic hydroxyl groups is 1. The zero-order chi connectivity index (χ0) is 11.8. The Morgan fingerprint density at radius 3 is 2.31 bits per heavy atom. The highest BCUT2D eigenvalue weighted by Crippen LogP contribution is 2.40. The summed E-state index contributed by atoms with van der Waals surface area (Å²) in [5.74, 6) is 0.862. The van der Waals surface area contributed by atoms with Crippen molar-refractivity contribution in [1.82, 2.24) is 4.90 Å². The molecule has 2 fully saturated rings. The van der Waals surface area contributed by atoms with Gasteiger partial charge < -0.3 is 10.0 Å². The largest absolute Gasteiger partial charge is 0.393 e. The van der Waals surface area contributed by atoms with Gasteiger partial charge in [-0.3, -0.25) is 0 Å². The van der Waals surface area contributed by atoms with E-state index >= 15 is 0 Å². The molecule has 16 heavy (non-hydrogen) atoms. The van der Waals surface area contributed by atoms with E-state index < -0.39 is 0 Å². The predicted octanol–water partition coefficient (Wildman–Crippen LogP) is 2.66. The van der Waals surface area contributed by atoms with Crippen LogP contribution in [0.3, 0.4) is 0 Å². The smallest absolute Gasteiger partial charge is 0.0564 e. The van der Waals surface area contributed by atoms with Crippen molar-refractivity contribution in [2.45, 2.75) is 65.0 Å². The van der Waals surface area contributed by atoms with Crippen LogP contribution in [0.5, 0.6) is 0 Å². The van der Waals surface area contributed by atoms with Gasteiger partial charge in [-0.1, -0.05) is 20.8 Å². The minimum atomic E-state index is -0.0368. The molecule has 94 valence electrons. The van der Waals surface area contributed by atoms with Gasteiger partial charge in [-0.2, -0.15) is 0 Å². The summed E-state index contributed by atoms with van der Waals surface area (Å²) in [5.41, 5.74) is 0.512. The van der Waals surface area contributed by atoms with Gasteiger partial charge in [0.05, 0.1) is 6.10 Å². The Hall–Kier alpha value is -0.0800. The van der Waals surface area contributed by atoms with Crippen LogP contribution in [0.1, 0.15) is 52.9 Å². The van der Waals surface area contributed by atoms with Crippen molar-refractivity contribution in [3.63, 3.8) is 0 Å². The van der Waals surface area contributed by atoms with Gasteiger partial charge in [0.25, 0.3) is 0 Å². The van der Waals surface area contributed by atoms with E-state index in [4.69, 9.17) is 0 Å². The highest BCUT2D eigenvalue weighted by Gasteiger charge is 2.35. The van der Waals surface area contributed by atoms with E-state index in [1.54, 1.807) is 0 Å². The van der Waals surface area contributed by atoms with E-state index in [-0.39, 0.29) is 6.10 Å². The summed E-state index contributed by atoms with van der Waals surface area (Å²) < 4.78 is 0. The van der Waals surface area contributed by atoms with Gasteiger partial charge in [0, 0.05) is 19.1 Å². The van der Waals surface area contributed by atoms with Crippen LogP contribution >= 0.6 is 0 Å². The fraction of sp³-hybridized carbons (Fsp3) is 1.00.